The fraction of sp³-hybridized carbons (Fsp3) is 0.239. The number of nitrogens with one attached hydrogen (secondary N) is 1. The predicted molar refractivity (Wildman–Crippen MR) is 222 cm³/mol. The highest BCUT2D eigenvalue weighted by Gasteiger charge is 2.41. The van der Waals surface area contributed by atoms with E-state index >= 15 is 0 Å². The number of amides is 2. The molecule has 1 N–H and O–H groups in total. The zero-order valence-electron chi connectivity index (χ0n) is 32.3. The van der Waals surface area contributed by atoms with Crippen LogP contribution >= 0.6 is 11.6 Å². The van der Waals surface area contributed by atoms with Gasteiger partial charge in [-0.1, -0.05) is 109 Å². The molecule has 1 aliphatic rings. The van der Waals surface area contributed by atoms with Gasteiger partial charge in [0, 0.05) is 41.5 Å². The summed E-state index contributed by atoms with van der Waals surface area (Å²) in [6.07, 6.45) is 0.867. The largest absolute Gasteiger partial charge is 0.444 e. The average Bonchev–Trinajstić information content (AvgIpc) is 3.82. The van der Waals surface area contributed by atoms with Crippen molar-refractivity contribution in [1.29, 1.82) is 0 Å². The Hall–Kier alpha value is -6.26. The molecule has 1 fully saturated rings. The second-order valence-corrected chi connectivity index (χ2v) is 15.8. The van der Waals surface area contributed by atoms with Crippen molar-refractivity contribution in [2.45, 2.75) is 51.7 Å². The van der Waals surface area contributed by atoms with E-state index in [4.69, 9.17) is 25.9 Å². The molecule has 0 spiro atoms. The van der Waals surface area contributed by atoms with Crippen LogP contribution in [0.15, 0.2) is 132 Å². The van der Waals surface area contributed by atoms with E-state index in [2.05, 4.69) is 51.9 Å². The first-order chi connectivity index (χ1) is 27.5. The number of ether oxygens (including phenoxy) is 1. The molecule has 3 heterocycles. The number of piperidine rings is 1. The maximum Gasteiger partial charge on any atom is 0.410 e. The summed E-state index contributed by atoms with van der Waals surface area (Å²) in [6.45, 7) is 8.03. The number of halogens is 1. The number of hydrogen-bond donors (Lipinski definition) is 1. The Bertz CT molecular complexity index is 2450. The Kier molecular flexibility index (Phi) is 10.1. The average molecular weight is 779 g/mol. The number of carbonyl (C=O) groups excluding carboxylic acids is 2. The third kappa shape index (κ3) is 7.40. The minimum Gasteiger partial charge on any atom is -0.444 e. The first-order valence-corrected chi connectivity index (χ1v) is 19.5. The monoisotopic (exact) mass is 778 g/mol. The third-order valence-corrected chi connectivity index (χ3v) is 10.6. The van der Waals surface area contributed by atoms with Crippen molar-refractivity contribution in [2.75, 3.05) is 18.4 Å². The zero-order valence-corrected chi connectivity index (χ0v) is 33.0. The molecule has 0 bridgehead atoms. The van der Waals surface area contributed by atoms with Crippen LogP contribution in [0.3, 0.4) is 0 Å². The maximum atomic E-state index is 14.4. The normalized spacial score (nSPS) is 14.8. The van der Waals surface area contributed by atoms with Gasteiger partial charge in [0.15, 0.2) is 5.82 Å². The molecule has 0 aliphatic carbocycles. The van der Waals surface area contributed by atoms with Crippen molar-refractivity contribution in [3.63, 3.8) is 0 Å². The molecule has 11 heteroatoms. The summed E-state index contributed by atoms with van der Waals surface area (Å²) in [4.78, 5) is 29.1. The lowest BCUT2D eigenvalue weighted by Gasteiger charge is -2.37. The van der Waals surface area contributed by atoms with Crippen LogP contribution in [-0.4, -0.2) is 55.6 Å². The molecule has 1 aliphatic heterocycles. The van der Waals surface area contributed by atoms with Gasteiger partial charge in [0.25, 0.3) is 0 Å². The zero-order chi connectivity index (χ0) is 39.7. The van der Waals surface area contributed by atoms with Crippen LogP contribution in [0.4, 0.5) is 10.6 Å². The fourth-order valence-corrected chi connectivity index (χ4v) is 7.96. The van der Waals surface area contributed by atoms with E-state index in [1.165, 1.54) is 0 Å². The molecule has 2 aromatic heterocycles. The Morgan fingerprint density at radius 3 is 2.00 bits per heavy atom. The van der Waals surface area contributed by atoms with Crippen molar-refractivity contribution >= 4 is 40.3 Å². The van der Waals surface area contributed by atoms with E-state index < -0.39 is 23.2 Å². The van der Waals surface area contributed by atoms with E-state index in [-0.39, 0.29) is 12.5 Å². The summed E-state index contributed by atoms with van der Waals surface area (Å²) in [5.74, 6) is 0.538. The summed E-state index contributed by atoms with van der Waals surface area (Å²) in [7, 11) is 0. The molecule has 57 heavy (non-hydrogen) atoms. The van der Waals surface area contributed by atoms with Crippen molar-refractivity contribution in [3.8, 4) is 22.6 Å². The van der Waals surface area contributed by atoms with E-state index in [9.17, 15) is 9.59 Å². The van der Waals surface area contributed by atoms with Crippen LogP contribution in [-0.2, 0) is 15.1 Å². The molecule has 2 amide bonds. The van der Waals surface area contributed by atoms with Crippen LogP contribution in [0, 0.1) is 12.8 Å². The molecule has 288 valence electrons. The number of fused-ring (bicyclic) bond motifs is 1. The second-order valence-electron chi connectivity index (χ2n) is 15.4. The van der Waals surface area contributed by atoms with Gasteiger partial charge in [-0.2, -0.15) is 5.10 Å². The van der Waals surface area contributed by atoms with Gasteiger partial charge in [0.05, 0.1) is 11.4 Å². The van der Waals surface area contributed by atoms with Crippen molar-refractivity contribution in [3.05, 3.63) is 155 Å². The molecule has 10 nitrogen and oxygen atoms in total. The van der Waals surface area contributed by atoms with Crippen molar-refractivity contribution in [1.82, 2.24) is 24.9 Å². The number of nitrogens with zero attached hydrogens (tertiary/aromatic N) is 5. The number of hydrogen-bond acceptors (Lipinski definition) is 7. The second kappa shape index (κ2) is 15.3. The van der Waals surface area contributed by atoms with E-state index in [0.717, 1.165) is 38.9 Å². The van der Waals surface area contributed by atoms with Crippen molar-refractivity contribution < 1.29 is 18.7 Å². The van der Waals surface area contributed by atoms with Gasteiger partial charge in [-0.25, -0.2) is 9.48 Å². The van der Waals surface area contributed by atoms with Crippen molar-refractivity contribution in [2.24, 2.45) is 5.92 Å². The molecule has 0 unspecified atom stereocenters. The number of likely N-dealkylation sites (tertiary alicyclic amines) is 1. The highest BCUT2D eigenvalue weighted by atomic mass is 35.5. The topological polar surface area (TPSA) is 115 Å². The van der Waals surface area contributed by atoms with E-state index in [1.807, 2.05) is 116 Å². The first kappa shape index (κ1) is 37.7. The Morgan fingerprint density at radius 1 is 0.807 bits per heavy atom. The first-order valence-electron chi connectivity index (χ1n) is 19.1. The van der Waals surface area contributed by atoms with Crippen LogP contribution in [0.5, 0.6) is 0 Å². The summed E-state index contributed by atoms with van der Waals surface area (Å²) >= 11 is 6.90. The van der Waals surface area contributed by atoms with Crippen LogP contribution in [0.25, 0.3) is 33.5 Å². The van der Waals surface area contributed by atoms with Gasteiger partial charge in [-0.15, -0.1) is 10.2 Å². The summed E-state index contributed by atoms with van der Waals surface area (Å²) in [5.41, 5.74) is 4.41. The lowest BCUT2D eigenvalue weighted by atomic mass is 9.77. The molecule has 5 aromatic carbocycles. The van der Waals surface area contributed by atoms with Gasteiger partial charge in [0.1, 0.15) is 11.1 Å². The Balaban J connectivity index is 1.31. The number of benzene rings is 5. The highest BCUT2D eigenvalue weighted by Crippen LogP contribution is 2.44. The summed E-state index contributed by atoms with van der Waals surface area (Å²) < 4.78 is 13.4. The minimum absolute atomic E-state index is 0.225. The smallest absolute Gasteiger partial charge is 0.410 e. The third-order valence-electron chi connectivity index (χ3n) is 10.3. The van der Waals surface area contributed by atoms with Gasteiger partial charge >= 0.3 is 6.09 Å². The van der Waals surface area contributed by atoms with Gasteiger partial charge in [-0.05, 0) is 86.2 Å². The van der Waals surface area contributed by atoms with Gasteiger partial charge in [-0.3, -0.25) is 4.79 Å². The standard InChI is InChI=1S/C46H43ClN6O4/c1-30-49-50-43(56-30)32-22-24-39(47)37(28-32)31-23-25-40-38(27-31)41(48-42(54)33-15-14-26-52(29-33)44(55)57-45(2,3)4)51-53(40)46(34-16-8-5-9-17-34,35-18-10-6-11-19-35)36-20-12-7-13-21-36/h5-13,16-25,27-28,33H,14-15,26,29H2,1-4H3,(H,48,51,54)/t33-/m1/s1. The SMILES string of the molecule is Cc1nnc(-c2ccc(Cl)c(-c3ccc4c(c3)c(NC(=O)[C@@H]3CCCN(C(=O)OC(C)(C)C)C3)nn4C(c3ccccc3)(c3ccccc3)c3ccccc3)c2)o1. The number of rotatable bonds is 8. The quantitative estimate of drug-likeness (QED) is 0.153. The molecular formula is C46H43ClN6O4. The molecule has 0 saturated carbocycles. The Labute approximate surface area is 336 Å². The molecule has 1 atom stereocenters. The predicted octanol–water partition coefficient (Wildman–Crippen LogP) is 10.1. The van der Waals surface area contributed by atoms with Crippen LogP contribution in [0.1, 0.15) is 56.2 Å². The van der Waals surface area contributed by atoms with Gasteiger partial charge in [0.2, 0.25) is 17.7 Å². The summed E-state index contributed by atoms with van der Waals surface area (Å²) in [5, 5.41) is 18.1. The van der Waals surface area contributed by atoms with E-state index in [1.54, 1.807) is 11.8 Å². The number of carbonyl (C=O) groups is 2. The molecule has 1 saturated heterocycles. The molecule has 7 aromatic rings. The number of anilines is 1. The van der Waals surface area contributed by atoms with Crippen LogP contribution in [0.2, 0.25) is 5.02 Å². The number of aryl methyl sites for hydroxylation is 1. The lowest BCUT2D eigenvalue weighted by molar-refractivity contribution is -0.121. The van der Waals surface area contributed by atoms with Gasteiger partial charge < -0.3 is 19.4 Å². The Morgan fingerprint density at radius 2 is 1.42 bits per heavy atom. The molecule has 8 rings (SSSR count). The minimum atomic E-state index is -0.960. The fourth-order valence-electron chi connectivity index (χ4n) is 7.73. The number of aromatic nitrogens is 4. The summed E-state index contributed by atoms with van der Waals surface area (Å²) in [6, 6.07) is 42.5. The maximum absolute atomic E-state index is 14.4. The van der Waals surface area contributed by atoms with E-state index in [0.29, 0.717) is 47.4 Å². The van der Waals surface area contributed by atoms with Crippen LogP contribution < -0.4 is 5.32 Å². The molecular weight excluding hydrogens is 736 g/mol. The highest BCUT2D eigenvalue weighted by molar-refractivity contribution is 6.33. The molecule has 0 radical (unpaired) electrons. The lowest BCUT2D eigenvalue weighted by Crippen LogP contribution is -2.45.